The Bertz CT molecular complexity index is 472. The van der Waals surface area contributed by atoms with Gasteiger partial charge in [-0.15, -0.1) is 0 Å². The number of rotatable bonds is 2. The maximum Gasteiger partial charge on any atom is 0.340 e. The van der Waals surface area contributed by atoms with Crippen molar-refractivity contribution in [3.63, 3.8) is 0 Å². The first-order valence-electron chi connectivity index (χ1n) is 5.17. The summed E-state index contributed by atoms with van der Waals surface area (Å²) < 4.78 is 5.04. The molecule has 0 saturated heterocycles. The smallest absolute Gasteiger partial charge is 0.340 e. The predicted molar refractivity (Wildman–Crippen MR) is 62.0 cm³/mol. The Kier molecular flexibility index (Phi) is 2.86. The van der Waals surface area contributed by atoms with Gasteiger partial charge in [-0.2, -0.15) is 0 Å². The second-order valence-electron chi connectivity index (χ2n) is 3.75. The van der Waals surface area contributed by atoms with Crippen LogP contribution in [-0.2, 0) is 16.1 Å². The zero-order valence-electron chi connectivity index (χ0n) is 9.36. The number of carbonyl (C=O) groups excluding carboxylic acids is 1. The fourth-order valence-corrected chi connectivity index (χ4v) is 1.45. The second-order valence-corrected chi connectivity index (χ2v) is 3.75. The van der Waals surface area contributed by atoms with Crippen LogP contribution in [0.15, 0.2) is 46.5 Å². The highest BCUT2D eigenvalue weighted by Gasteiger charge is 2.24. The average Bonchev–Trinajstić information content (AvgIpc) is 2.56. The lowest BCUT2D eigenvalue weighted by molar-refractivity contribution is -0.130. The number of nitrogens with zero attached hydrogens (tertiary/aromatic N) is 1. The first-order chi connectivity index (χ1) is 7.68. The van der Waals surface area contributed by atoms with E-state index in [9.17, 15) is 4.79 Å². The highest BCUT2D eigenvalue weighted by atomic mass is 16.5. The third kappa shape index (κ3) is 2.03. The van der Waals surface area contributed by atoms with E-state index in [1.165, 1.54) is 0 Å². The minimum Gasteiger partial charge on any atom is -0.404 e. The predicted octanol–water partition coefficient (Wildman–Crippen LogP) is 2.48. The van der Waals surface area contributed by atoms with Crippen molar-refractivity contribution in [2.45, 2.75) is 20.4 Å². The summed E-state index contributed by atoms with van der Waals surface area (Å²) in [5.41, 5.74) is 2.58. The van der Waals surface area contributed by atoms with Gasteiger partial charge in [0.25, 0.3) is 0 Å². The lowest BCUT2D eigenvalue weighted by Gasteiger charge is -1.99. The van der Waals surface area contributed by atoms with Crippen molar-refractivity contribution in [3.05, 3.63) is 47.0 Å². The molecule has 0 N–H and O–H groups in total. The zero-order valence-corrected chi connectivity index (χ0v) is 9.36. The minimum absolute atomic E-state index is 0.288. The molecule has 0 saturated carbocycles. The van der Waals surface area contributed by atoms with Crippen molar-refractivity contribution in [2.75, 3.05) is 0 Å². The maximum absolute atomic E-state index is 11.2. The van der Waals surface area contributed by atoms with E-state index in [1.807, 2.05) is 37.3 Å². The van der Waals surface area contributed by atoms with Gasteiger partial charge in [-0.3, -0.25) is 0 Å². The molecule has 82 valence electrons. The molecule has 2 rings (SSSR count). The van der Waals surface area contributed by atoms with Gasteiger partial charge in [0.2, 0.25) is 5.90 Å². The zero-order chi connectivity index (χ0) is 11.5. The van der Waals surface area contributed by atoms with Crippen LogP contribution in [0.4, 0.5) is 0 Å². The van der Waals surface area contributed by atoms with E-state index in [1.54, 1.807) is 6.92 Å². The molecule has 0 spiro atoms. The fourth-order valence-electron chi connectivity index (χ4n) is 1.45. The van der Waals surface area contributed by atoms with Gasteiger partial charge < -0.3 is 4.74 Å². The fraction of sp³-hybridized carbons (Fsp3) is 0.231. The topological polar surface area (TPSA) is 38.7 Å². The Morgan fingerprint density at radius 1 is 1.12 bits per heavy atom. The van der Waals surface area contributed by atoms with Crippen molar-refractivity contribution < 1.29 is 9.53 Å². The molecule has 1 aliphatic rings. The molecule has 3 heteroatoms. The summed E-state index contributed by atoms with van der Waals surface area (Å²) >= 11 is 0. The lowest BCUT2D eigenvalue weighted by Crippen LogP contribution is -2.02. The normalized spacial score (nSPS) is 18.1. The van der Waals surface area contributed by atoms with Crippen LogP contribution in [0.3, 0.4) is 0 Å². The van der Waals surface area contributed by atoms with Crippen LogP contribution < -0.4 is 0 Å². The van der Waals surface area contributed by atoms with E-state index in [-0.39, 0.29) is 5.97 Å². The molecule has 0 amide bonds. The Hall–Kier alpha value is -1.90. The molecule has 1 aromatic rings. The van der Waals surface area contributed by atoms with Gasteiger partial charge in [-0.05, 0) is 19.4 Å². The molecule has 0 atom stereocenters. The monoisotopic (exact) mass is 215 g/mol. The molecule has 1 aliphatic heterocycles. The summed E-state index contributed by atoms with van der Waals surface area (Å²) in [5.74, 6) is 0.163. The van der Waals surface area contributed by atoms with Crippen molar-refractivity contribution in [2.24, 2.45) is 4.99 Å². The van der Waals surface area contributed by atoms with Crippen LogP contribution in [0.5, 0.6) is 0 Å². The number of hydrogen-bond donors (Lipinski definition) is 0. The largest absolute Gasteiger partial charge is 0.404 e. The molecule has 0 fully saturated rings. The lowest BCUT2D eigenvalue weighted by atomic mass is 10.2. The van der Waals surface area contributed by atoms with Gasteiger partial charge in [-0.1, -0.05) is 30.3 Å². The summed E-state index contributed by atoms with van der Waals surface area (Å²) in [6, 6.07) is 9.87. The highest BCUT2D eigenvalue weighted by Crippen LogP contribution is 2.17. The molecule has 0 radical (unpaired) electrons. The summed E-state index contributed by atoms with van der Waals surface area (Å²) in [6.45, 7) is 4.14. The second kappa shape index (κ2) is 4.31. The SMILES string of the molecule is CC1=C(C)C(=NCc2ccccc2)OC1=O. The standard InChI is InChI=1S/C13H13NO2/c1-9-10(2)13(15)16-12(9)14-8-11-6-4-3-5-7-11/h3-7H,8H2,1-2H3. The first kappa shape index (κ1) is 10.6. The molecule has 0 aromatic heterocycles. The van der Waals surface area contributed by atoms with Gasteiger partial charge in [0.05, 0.1) is 6.54 Å². The summed E-state index contributed by atoms with van der Waals surface area (Å²) in [5, 5.41) is 0. The number of aliphatic imine (C=N–C) groups is 1. The number of hydrogen-bond acceptors (Lipinski definition) is 3. The van der Waals surface area contributed by atoms with Crippen LogP contribution in [0.2, 0.25) is 0 Å². The summed E-state index contributed by atoms with van der Waals surface area (Å²) in [4.78, 5) is 15.5. The quantitative estimate of drug-likeness (QED) is 0.711. The number of ether oxygens (including phenoxy) is 1. The number of benzene rings is 1. The van der Waals surface area contributed by atoms with E-state index >= 15 is 0 Å². The van der Waals surface area contributed by atoms with Crippen LogP contribution in [0, 0.1) is 0 Å². The van der Waals surface area contributed by atoms with E-state index < -0.39 is 0 Å². The van der Waals surface area contributed by atoms with Crippen molar-refractivity contribution >= 4 is 11.9 Å². The van der Waals surface area contributed by atoms with Gasteiger partial charge in [0, 0.05) is 11.1 Å². The molecule has 0 bridgehead atoms. The maximum atomic E-state index is 11.2. The molecule has 0 unspecified atom stereocenters. The first-order valence-corrected chi connectivity index (χ1v) is 5.17. The van der Waals surface area contributed by atoms with Crippen LogP contribution in [0.1, 0.15) is 19.4 Å². The van der Waals surface area contributed by atoms with E-state index in [0.29, 0.717) is 18.0 Å². The molecular weight excluding hydrogens is 202 g/mol. The van der Waals surface area contributed by atoms with E-state index in [2.05, 4.69) is 4.99 Å². The van der Waals surface area contributed by atoms with Crippen molar-refractivity contribution in [1.82, 2.24) is 0 Å². The molecular formula is C13H13NO2. The Balaban J connectivity index is 2.14. The van der Waals surface area contributed by atoms with Crippen molar-refractivity contribution in [1.29, 1.82) is 0 Å². The van der Waals surface area contributed by atoms with Gasteiger partial charge in [-0.25, -0.2) is 9.79 Å². The number of esters is 1. The number of cyclic esters (lactones) is 1. The average molecular weight is 215 g/mol. The third-order valence-electron chi connectivity index (χ3n) is 2.63. The molecule has 16 heavy (non-hydrogen) atoms. The van der Waals surface area contributed by atoms with Crippen molar-refractivity contribution in [3.8, 4) is 0 Å². The van der Waals surface area contributed by atoms with E-state index in [0.717, 1.165) is 11.1 Å². The molecule has 1 heterocycles. The third-order valence-corrected chi connectivity index (χ3v) is 2.63. The Morgan fingerprint density at radius 2 is 1.81 bits per heavy atom. The number of carbonyl (C=O) groups is 1. The highest BCUT2D eigenvalue weighted by molar-refractivity contribution is 6.13. The van der Waals surface area contributed by atoms with Crippen LogP contribution in [0.25, 0.3) is 0 Å². The minimum atomic E-state index is -0.288. The van der Waals surface area contributed by atoms with Gasteiger partial charge >= 0.3 is 5.97 Å². The van der Waals surface area contributed by atoms with E-state index in [4.69, 9.17) is 4.74 Å². The Labute approximate surface area is 94.5 Å². The van der Waals surface area contributed by atoms with Crippen LogP contribution >= 0.6 is 0 Å². The van der Waals surface area contributed by atoms with Gasteiger partial charge in [0.15, 0.2) is 0 Å². The molecule has 1 aromatic carbocycles. The Morgan fingerprint density at radius 3 is 2.38 bits per heavy atom. The molecule has 0 aliphatic carbocycles. The van der Waals surface area contributed by atoms with Gasteiger partial charge in [0.1, 0.15) is 0 Å². The summed E-state index contributed by atoms with van der Waals surface area (Å²) in [7, 11) is 0. The molecule has 3 nitrogen and oxygen atoms in total. The van der Waals surface area contributed by atoms with Crippen LogP contribution in [-0.4, -0.2) is 11.9 Å². The summed E-state index contributed by atoms with van der Waals surface area (Å²) in [6.07, 6.45) is 0.